The van der Waals surface area contributed by atoms with Gasteiger partial charge in [-0.2, -0.15) is 5.06 Å². The molecule has 0 aromatic heterocycles. The molecule has 2 aliphatic rings. The van der Waals surface area contributed by atoms with E-state index in [4.69, 9.17) is 9.57 Å². The third kappa shape index (κ3) is 2.35. The first-order valence-electron chi connectivity index (χ1n) is 8.93. The molecule has 3 aromatic carbocycles. The van der Waals surface area contributed by atoms with Gasteiger partial charge in [0.15, 0.2) is 0 Å². The van der Waals surface area contributed by atoms with E-state index in [1.165, 1.54) is 21.9 Å². The summed E-state index contributed by atoms with van der Waals surface area (Å²) in [4.78, 5) is 6.18. The summed E-state index contributed by atoms with van der Waals surface area (Å²) in [6, 6.07) is 23.8. The van der Waals surface area contributed by atoms with Gasteiger partial charge in [-0.25, -0.2) is 0 Å². The van der Waals surface area contributed by atoms with Crippen LogP contribution in [-0.4, -0.2) is 18.3 Å². The van der Waals surface area contributed by atoms with Gasteiger partial charge < -0.3 is 4.74 Å². The molecule has 1 fully saturated rings. The van der Waals surface area contributed by atoms with Gasteiger partial charge in [0.05, 0.1) is 25.3 Å². The van der Waals surface area contributed by atoms with Crippen LogP contribution in [0.1, 0.15) is 30.1 Å². The van der Waals surface area contributed by atoms with Gasteiger partial charge in [0, 0.05) is 11.5 Å². The Balaban J connectivity index is 1.63. The van der Waals surface area contributed by atoms with Gasteiger partial charge >= 0.3 is 0 Å². The number of benzene rings is 3. The van der Waals surface area contributed by atoms with Crippen LogP contribution in [0, 0.1) is 5.92 Å². The van der Waals surface area contributed by atoms with Crippen LogP contribution in [0.2, 0.25) is 0 Å². The molecule has 0 unspecified atom stereocenters. The summed E-state index contributed by atoms with van der Waals surface area (Å²) < 4.78 is 6.07. The van der Waals surface area contributed by atoms with E-state index in [9.17, 15) is 0 Å². The predicted octanol–water partition coefficient (Wildman–Crippen LogP) is 4.90. The quantitative estimate of drug-likeness (QED) is 0.667. The zero-order valence-electron chi connectivity index (χ0n) is 14.3. The largest absolute Gasteiger partial charge is 0.493 e. The number of nitrogens with zero attached hydrogens (tertiary/aromatic N) is 1. The third-order valence-corrected chi connectivity index (χ3v) is 5.50. The second kappa shape index (κ2) is 5.87. The molecule has 3 aromatic rings. The lowest BCUT2D eigenvalue weighted by Gasteiger charge is -2.35. The second-order valence-corrected chi connectivity index (χ2v) is 6.96. The predicted molar refractivity (Wildman–Crippen MR) is 98.3 cm³/mol. The van der Waals surface area contributed by atoms with E-state index in [0.717, 1.165) is 5.75 Å². The van der Waals surface area contributed by atoms with Crippen molar-refractivity contribution in [3.8, 4) is 5.75 Å². The van der Waals surface area contributed by atoms with Crippen LogP contribution < -0.4 is 4.74 Å². The number of hydrogen-bond acceptors (Lipinski definition) is 3. The maximum absolute atomic E-state index is 6.18. The molecule has 0 spiro atoms. The van der Waals surface area contributed by atoms with Crippen molar-refractivity contribution in [2.75, 3.05) is 13.2 Å². The lowest BCUT2D eigenvalue weighted by Crippen LogP contribution is -2.32. The SMILES string of the molecule is C[C@H](c1ccccc1)N1OC[C@H]2COc3ccc4ccccc4c3[C@H]21. The minimum Gasteiger partial charge on any atom is -0.493 e. The fourth-order valence-corrected chi connectivity index (χ4v) is 4.20. The average molecular weight is 331 g/mol. The fourth-order valence-electron chi connectivity index (χ4n) is 4.20. The molecule has 2 heterocycles. The summed E-state index contributed by atoms with van der Waals surface area (Å²) in [5.41, 5.74) is 2.55. The van der Waals surface area contributed by atoms with Crippen LogP contribution in [0.4, 0.5) is 0 Å². The van der Waals surface area contributed by atoms with Gasteiger partial charge in [-0.1, -0.05) is 60.7 Å². The zero-order valence-corrected chi connectivity index (χ0v) is 14.3. The van der Waals surface area contributed by atoms with E-state index < -0.39 is 0 Å². The molecular formula is C22H21NO2. The highest BCUT2D eigenvalue weighted by molar-refractivity contribution is 5.88. The van der Waals surface area contributed by atoms with E-state index in [1.54, 1.807) is 0 Å². The van der Waals surface area contributed by atoms with Crippen LogP contribution in [0.3, 0.4) is 0 Å². The molecule has 1 saturated heterocycles. The number of hydrogen-bond donors (Lipinski definition) is 0. The summed E-state index contributed by atoms with van der Waals surface area (Å²) >= 11 is 0. The molecule has 126 valence electrons. The molecule has 5 rings (SSSR count). The Bertz CT molecular complexity index is 908. The van der Waals surface area contributed by atoms with Crippen molar-refractivity contribution in [2.24, 2.45) is 5.92 Å². The minimum absolute atomic E-state index is 0.195. The van der Waals surface area contributed by atoms with Gasteiger partial charge in [-0.05, 0) is 29.3 Å². The van der Waals surface area contributed by atoms with Gasteiger partial charge in [0.1, 0.15) is 5.75 Å². The number of fused-ring (bicyclic) bond motifs is 5. The van der Waals surface area contributed by atoms with Crippen LogP contribution in [0.5, 0.6) is 5.75 Å². The van der Waals surface area contributed by atoms with Crippen molar-refractivity contribution in [3.63, 3.8) is 0 Å². The second-order valence-electron chi connectivity index (χ2n) is 6.96. The highest BCUT2D eigenvalue weighted by Crippen LogP contribution is 2.49. The summed E-state index contributed by atoms with van der Waals surface area (Å²) in [7, 11) is 0. The normalized spacial score (nSPS) is 23.7. The average Bonchev–Trinajstić information content (AvgIpc) is 3.12. The Labute approximate surface area is 147 Å². The summed E-state index contributed by atoms with van der Waals surface area (Å²) in [5, 5.41) is 4.71. The molecule has 25 heavy (non-hydrogen) atoms. The van der Waals surface area contributed by atoms with E-state index >= 15 is 0 Å². The molecule has 0 radical (unpaired) electrons. The number of ether oxygens (including phenoxy) is 1. The van der Waals surface area contributed by atoms with E-state index in [2.05, 4.69) is 78.7 Å². The van der Waals surface area contributed by atoms with Crippen molar-refractivity contribution >= 4 is 10.8 Å². The van der Waals surface area contributed by atoms with Gasteiger partial charge in [-0.3, -0.25) is 4.84 Å². The van der Waals surface area contributed by atoms with E-state index in [1.807, 2.05) is 0 Å². The molecule has 3 atom stereocenters. The van der Waals surface area contributed by atoms with E-state index in [0.29, 0.717) is 19.1 Å². The molecule has 2 aliphatic heterocycles. The highest BCUT2D eigenvalue weighted by atomic mass is 16.7. The van der Waals surface area contributed by atoms with Crippen LogP contribution in [-0.2, 0) is 4.84 Å². The molecule has 0 amide bonds. The Hall–Kier alpha value is -2.36. The summed E-state index contributed by atoms with van der Waals surface area (Å²) in [6.45, 7) is 3.65. The lowest BCUT2D eigenvalue weighted by atomic mass is 9.87. The summed E-state index contributed by atoms with van der Waals surface area (Å²) in [5.74, 6) is 1.36. The molecule has 3 nitrogen and oxygen atoms in total. The Morgan fingerprint density at radius 3 is 2.60 bits per heavy atom. The van der Waals surface area contributed by atoms with E-state index in [-0.39, 0.29) is 12.1 Å². The Morgan fingerprint density at radius 1 is 0.920 bits per heavy atom. The topological polar surface area (TPSA) is 21.7 Å². The first-order chi connectivity index (χ1) is 12.3. The smallest absolute Gasteiger partial charge is 0.124 e. The first-order valence-corrected chi connectivity index (χ1v) is 8.93. The van der Waals surface area contributed by atoms with Crippen molar-refractivity contribution in [1.82, 2.24) is 5.06 Å². The molecule has 0 aliphatic carbocycles. The van der Waals surface area contributed by atoms with Crippen LogP contribution in [0.15, 0.2) is 66.7 Å². The first kappa shape index (κ1) is 14.9. The van der Waals surface area contributed by atoms with Crippen LogP contribution >= 0.6 is 0 Å². The highest BCUT2D eigenvalue weighted by Gasteiger charge is 2.44. The lowest BCUT2D eigenvalue weighted by molar-refractivity contribution is -0.162. The van der Waals surface area contributed by atoms with Crippen LogP contribution in [0.25, 0.3) is 10.8 Å². The Morgan fingerprint density at radius 2 is 1.72 bits per heavy atom. The maximum atomic E-state index is 6.18. The van der Waals surface area contributed by atoms with Gasteiger partial charge in [0.2, 0.25) is 0 Å². The Kier molecular flexibility index (Phi) is 3.51. The fraction of sp³-hybridized carbons (Fsp3) is 0.273. The maximum Gasteiger partial charge on any atom is 0.124 e. The molecule has 0 N–H and O–H groups in total. The molecule has 3 heteroatoms. The molecule has 0 bridgehead atoms. The van der Waals surface area contributed by atoms with Gasteiger partial charge in [0.25, 0.3) is 0 Å². The van der Waals surface area contributed by atoms with Crippen molar-refractivity contribution < 1.29 is 9.57 Å². The van der Waals surface area contributed by atoms with Crippen molar-refractivity contribution in [3.05, 3.63) is 77.9 Å². The monoisotopic (exact) mass is 331 g/mol. The standard InChI is InChI=1S/C22H21NO2/c1-15(16-7-3-2-4-8-16)23-22-18(14-25-23)13-24-20-12-11-17-9-5-6-10-19(17)21(20)22/h2-12,15,18,22H,13-14H2,1H3/t15-,18-,22+/m1/s1. The molecular weight excluding hydrogens is 310 g/mol. The zero-order chi connectivity index (χ0) is 16.8. The molecule has 0 saturated carbocycles. The number of hydroxylamine groups is 2. The third-order valence-electron chi connectivity index (χ3n) is 5.50. The van der Waals surface area contributed by atoms with Crippen molar-refractivity contribution in [2.45, 2.75) is 19.0 Å². The minimum atomic E-state index is 0.195. The van der Waals surface area contributed by atoms with Gasteiger partial charge in [-0.15, -0.1) is 0 Å². The summed E-state index contributed by atoms with van der Waals surface area (Å²) in [6.07, 6.45) is 0. The number of rotatable bonds is 2. The van der Waals surface area contributed by atoms with Crippen molar-refractivity contribution in [1.29, 1.82) is 0 Å².